The van der Waals surface area contributed by atoms with E-state index in [1.54, 1.807) is 0 Å². The molecule has 0 heterocycles. The molecule has 1 fully saturated rings. The minimum absolute atomic E-state index is 0.0989. The molecule has 1 aliphatic carbocycles. The topological polar surface area (TPSA) is 46.2 Å². The Labute approximate surface area is 128 Å². The molecule has 1 aliphatic rings. The fourth-order valence-corrected chi connectivity index (χ4v) is 2.94. The van der Waals surface area contributed by atoms with Crippen LogP contribution in [-0.2, 0) is 0 Å². The maximum Gasteiger partial charge on any atom is 0.0449 e. The highest BCUT2D eigenvalue weighted by Gasteiger charge is 2.08. The second kappa shape index (κ2) is 8.87. The molecule has 2 rings (SSSR count). The molecule has 114 valence electrons. The predicted octanol–water partition coefficient (Wildman–Crippen LogP) is 3.78. The third-order valence-corrected chi connectivity index (χ3v) is 4.28. The molecule has 0 aliphatic heterocycles. The molecule has 21 heavy (non-hydrogen) atoms. The van der Waals surface area contributed by atoms with Crippen molar-refractivity contribution in [3.8, 4) is 11.8 Å². The van der Waals surface area contributed by atoms with Crippen molar-refractivity contribution in [2.24, 2.45) is 11.7 Å². The first-order valence-corrected chi connectivity index (χ1v) is 8.27. The quantitative estimate of drug-likeness (QED) is 0.830. The first-order chi connectivity index (χ1) is 10.3. The van der Waals surface area contributed by atoms with Gasteiger partial charge in [-0.2, -0.15) is 0 Å². The summed E-state index contributed by atoms with van der Waals surface area (Å²) in [6.07, 6.45) is 9.85. The Hall–Kier alpha value is -1.30. The Morgan fingerprint density at radius 1 is 1.14 bits per heavy atom. The van der Waals surface area contributed by atoms with E-state index in [0.717, 1.165) is 11.1 Å². The Balaban J connectivity index is 2.01. The molecule has 1 atom stereocenters. The van der Waals surface area contributed by atoms with Gasteiger partial charge in [0.1, 0.15) is 0 Å². The van der Waals surface area contributed by atoms with E-state index < -0.39 is 0 Å². The van der Waals surface area contributed by atoms with Gasteiger partial charge in [0.25, 0.3) is 0 Å². The largest absolute Gasteiger partial charge is 0.396 e. The van der Waals surface area contributed by atoms with Crippen molar-refractivity contribution in [1.82, 2.24) is 0 Å². The average Bonchev–Trinajstić information content (AvgIpc) is 2.47. The van der Waals surface area contributed by atoms with Gasteiger partial charge in [-0.15, -0.1) is 0 Å². The fourth-order valence-electron chi connectivity index (χ4n) is 2.94. The lowest BCUT2D eigenvalue weighted by Gasteiger charge is -2.14. The Morgan fingerprint density at radius 2 is 1.86 bits per heavy atom. The van der Waals surface area contributed by atoms with Crippen LogP contribution in [0.3, 0.4) is 0 Å². The van der Waals surface area contributed by atoms with Crippen LogP contribution in [0.2, 0.25) is 0 Å². The maximum absolute atomic E-state index is 8.98. The lowest BCUT2D eigenvalue weighted by Crippen LogP contribution is -2.11. The molecule has 0 bridgehead atoms. The molecule has 0 amide bonds. The summed E-state index contributed by atoms with van der Waals surface area (Å²) in [4.78, 5) is 0. The highest BCUT2D eigenvalue weighted by Crippen LogP contribution is 2.22. The standard InChI is InChI=1S/C19H27NO/c20-19(13-14-21)18-10-6-9-17(15-18)12-11-16-7-4-2-1-3-5-8-16/h6,9-10,15-16,19,21H,1-5,7-8,13-14,20H2. The van der Waals surface area contributed by atoms with Gasteiger partial charge >= 0.3 is 0 Å². The van der Waals surface area contributed by atoms with Crippen molar-refractivity contribution >= 4 is 0 Å². The van der Waals surface area contributed by atoms with Crippen LogP contribution in [0, 0.1) is 17.8 Å². The second-order valence-corrected chi connectivity index (χ2v) is 6.06. The molecule has 2 nitrogen and oxygen atoms in total. The number of aliphatic hydroxyl groups is 1. The third-order valence-electron chi connectivity index (χ3n) is 4.28. The van der Waals surface area contributed by atoms with Gasteiger partial charge in [-0.3, -0.25) is 0 Å². The highest BCUT2D eigenvalue weighted by atomic mass is 16.3. The Kier molecular flexibility index (Phi) is 6.79. The van der Waals surface area contributed by atoms with Crippen LogP contribution in [0.25, 0.3) is 0 Å². The van der Waals surface area contributed by atoms with E-state index in [-0.39, 0.29) is 12.6 Å². The zero-order chi connectivity index (χ0) is 14.9. The summed E-state index contributed by atoms with van der Waals surface area (Å²) in [7, 11) is 0. The van der Waals surface area contributed by atoms with Crippen LogP contribution in [0.1, 0.15) is 68.5 Å². The van der Waals surface area contributed by atoms with Gasteiger partial charge in [0, 0.05) is 24.1 Å². The summed E-state index contributed by atoms with van der Waals surface area (Å²) in [6, 6.07) is 8.04. The zero-order valence-electron chi connectivity index (χ0n) is 12.9. The first-order valence-electron chi connectivity index (χ1n) is 8.27. The van der Waals surface area contributed by atoms with Gasteiger partial charge in [-0.1, -0.05) is 56.1 Å². The predicted molar refractivity (Wildman–Crippen MR) is 87.8 cm³/mol. The van der Waals surface area contributed by atoms with Gasteiger partial charge in [0.05, 0.1) is 0 Å². The number of hydrogen-bond acceptors (Lipinski definition) is 2. The minimum atomic E-state index is -0.0989. The van der Waals surface area contributed by atoms with Crippen LogP contribution < -0.4 is 5.73 Å². The van der Waals surface area contributed by atoms with E-state index in [9.17, 15) is 0 Å². The monoisotopic (exact) mass is 285 g/mol. The van der Waals surface area contributed by atoms with Crippen molar-refractivity contribution in [2.45, 2.75) is 57.4 Å². The molecule has 0 saturated heterocycles. The molecule has 1 saturated carbocycles. The molecule has 2 heteroatoms. The van der Waals surface area contributed by atoms with Crippen molar-refractivity contribution in [3.63, 3.8) is 0 Å². The Morgan fingerprint density at radius 3 is 2.57 bits per heavy atom. The van der Waals surface area contributed by atoms with Gasteiger partial charge in [-0.05, 0) is 37.0 Å². The number of rotatable bonds is 3. The molecular formula is C19H27NO. The second-order valence-electron chi connectivity index (χ2n) is 6.06. The molecule has 1 aromatic rings. The lowest BCUT2D eigenvalue weighted by molar-refractivity contribution is 0.276. The van der Waals surface area contributed by atoms with E-state index >= 15 is 0 Å². The van der Waals surface area contributed by atoms with Crippen LogP contribution in [0.5, 0.6) is 0 Å². The van der Waals surface area contributed by atoms with E-state index in [1.165, 1.54) is 44.9 Å². The summed E-state index contributed by atoms with van der Waals surface area (Å²) in [5, 5.41) is 8.98. The smallest absolute Gasteiger partial charge is 0.0449 e. The summed E-state index contributed by atoms with van der Waals surface area (Å²) in [6.45, 7) is 0.124. The average molecular weight is 285 g/mol. The molecule has 0 radical (unpaired) electrons. The molecule has 0 spiro atoms. The van der Waals surface area contributed by atoms with Crippen molar-refractivity contribution in [3.05, 3.63) is 35.4 Å². The third kappa shape index (κ3) is 5.53. The molecule has 0 aromatic heterocycles. The number of aliphatic hydroxyl groups excluding tert-OH is 1. The summed E-state index contributed by atoms with van der Waals surface area (Å²) < 4.78 is 0. The van der Waals surface area contributed by atoms with Crippen LogP contribution in [-0.4, -0.2) is 11.7 Å². The molecular weight excluding hydrogens is 258 g/mol. The summed E-state index contributed by atoms with van der Waals surface area (Å²) in [5.74, 6) is 7.35. The van der Waals surface area contributed by atoms with E-state index in [1.807, 2.05) is 18.2 Å². The van der Waals surface area contributed by atoms with Crippen LogP contribution in [0.4, 0.5) is 0 Å². The van der Waals surface area contributed by atoms with Gasteiger partial charge < -0.3 is 10.8 Å². The van der Waals surface area contributed by atoms with Gasteiger partial charge in [0.2, 0.25) is 0 Å². The van der Waals surface area contributed by atoms with E-state index in [4.69, 9.17) is 10.8 Å². The number of hydrogen-bond donors (Lipinski definition) is 2. The van der Waals surface area contributed by atoms with Crippen LogP contribution in [0.15, 0.2) is 24.3 Å². The highest BCUT2D eigenvalue weighted by molar-refractivity contribution is 5.38. The molecule has 1 aromatic carbocycles. The van der Waals surface area contributed by atoms with Crippen molar-refractivity contribution < 1.29 is 5.11 Å². The van der Waals surface area contributed by atoms with E-state index in [2.05, 4.69) is 17.9 Å². The summed E-state index contributed by atoms with van der Waals surface area (Å²) >= 11 is 0. The SMILES string of the molecule is NC(CCO)c1cccc(C#CC2CCCCCCC2)c1. The van der Waals surface area contributed by atoms with Crippen LogP contribution >= 0.6 is 0 Å². The zero-order valence-corrected chi connectivity index (χ0v) is 12.9. The first kappa shape index (κ1) is 16.1. The number of nitrogens with two attached hydrogens (primary N) is 1. The summed E-state index contributed by atoms with van der Waals surface area (Å²) in [5.41, 5.74) is 8.15. The fraction of sp³-hybridized carbons (Fsp3) is 0.579. The van der Waals surface area contributed by atoms with E-state index in [0.29, 0.717) is 12.3 Å². The molecule has 3 N–H and O–H groups in total. The lowest BCUT2D eigenvalue weighted by atomic mass is 9.91. The normalized spacial score (nSPS) is 18.2. The van der Waals surface area contributed by atoms with Gasteiger partial charge in [-0.25, -0.2) is 0 Å². The number of benzene rings is 1. The molecule has 1 unspecified atom stereocenters. The maximum atomic E-state index is 8.98. The minimum Gasteiger partial charge on any atom is -0.396 e. The van der Waals surface area contributed by atoms with Crippen molar-refractivity contribution in [2.75, 3.05) is 6.61 Å². The van der Waals surface area contributed by atoms with Crippen molar-refractivity contribution in [1.29, 1.82) is 0 Å². The Bertz CT molecular complexity index is 478. The van der Waals surface area contributed by atoms with Gasteiger partial charge in [0.15, 0.2) is 0 Å².